The van der Waals surface area contributed by atoms with E-state index in [0.29, 0.717) is 32.7 Å². The van der Waals surface area contributed by atoms with E-state index in [0.717, 1.165) is 0 Å². The molecule has 1 aliphatic heterocycles. The lowest BCUT2D eigenvalue weighted by atomic mass is 10.4. The molecule has 2 heterocycles. The van der Waals surface area contributed by atoms with Crippen LogP contribution in [0, 0.1) is 11.3 Å². The fraction of sp³-hybridized carbons (Fsp3) is 0.455. The minimum Gasteiger partial charge on any atom is -0.380 e. The smallest absolute Gasteiger partial charge is 0.244 e. The van der Waals surface area contributed by atoms with Crippen molar-refractivity contribution in [1.29, 1.82) is 5.26 Å². The molecule has 1 aromatic heterocycles. The molecule has 0 unspecified atom stereocenters. The van der Waals surface area contributed by atoms with E-state index in [1.165, 1.54) is 22.6 Å². The summed E-state index contributed by atoms with van der Waals surface area (Å²) in [7, 11) is -3.53. The van der Waals surface area contributed by atoms with Crippen LogP contribution in [0.4, 0.5) is 0 Å². The standard InChI is InChI=1S/C11H13N3O3S/c12-8-10-2-3-11(9-13-10)18(15,16)14-4-1-6-17-7-5-14/h2-3,9H,1,4-7H2. The first-order valence-electron chi connectivity index (χ1n) is 5.58. The van der Waals surface area contributed by atoms with Crippen molar-refractivity contribution < 1.29 is 13.2 Å². The minimum atomic E-state index is -3.53. The average molecular weight is 267 g/mol. The number of pyridine rings is 1. The molecule has 0 N–H and O–H groups in total. The molecular formula is C11H13N3O3S. The van der Waals surface area contributed by atoms with Crippen molar-refractivity contribution in [1.82, 2.24) is 9.29 Å². The zero-order valence-corrected chi connectivity index (χ0v) is 10.6. The van der Waals surface area contributed by atoms with Gasteiger partial charge in [-0.05, 0) is 18.6 Å². The Hall–Kier alpha value is -1.49. The molecule has 1 saturated heterocycles. The summed E-state index contributed by atoms with van der Waals surface area (Å²) in [5, 5.41) is 8.63. The van der Waals surface area contributed by atoms with Crippen LogP contribution in [0.25, 0.3) is 0 Å². The number of hydrogen-bond donors (Lipinski definition) is 0. The molecule has 96 valence electrons. The maximum absolute atomic E-state index is 12.3. The number of nitrogens with zero attached hydrogens (tertiary/aromatic N) is 3. The van der Waals surface area contributed by atoms with Gasteiger partial charge in [-0.1, -0.05) is 0 Å². The van der Waals surface area contributed by atoms with Gasteiger partial charge < -0.3 is 4.74 Å². The van der Waals surface area contributed by atoms with E-state index < -0.39 is 10.0 Å². The largest absolute Gasteiger partial charge is 0.380 e. The summed E-state index contributed by atoms with van der Waals surface area (Å²) in [5.74, 6) is 0. The van der Waals surface area contributed by atoms with Gasteiger partial charge in [0.05, 0.1) is 6.61 Å². The first kappa shape index (κ1) is 13.0. The van der Waals surface area contributed by atoms with Gasteiger partial charge in [-0.15, -0.1) is 0 Å². The van der Waals surface area contributed by atoms with Gasteiger partial charge >= 0.3 is 0 Å². The van der Waals surface area contributed by atoms with E-state index in [1.54, 1.807) is 0 Å². The number of rotatable bonds is 2. The van der Waals surface area contributed by atoms with E-state index in [1.807, 2.05) is 6.07 Å². The first-order chi connectivity index (χ1) is 8.64. The van der Waals surface area contributed by atoms with Crippen LogP contribution in [0.2, 0.25) is 0 Å². The third kappa shape index (κ3) is 2.67. The van der Waals surface area contributed by atoms with Gasteiger partial charge in [0.2, 0.25) is 10.0 Å². The third-order valence-electron chi connectivity index (χ3n) is 2.67. The predicted octanol–water partition coefficient (Wildman–Crippen LogP) is 0.364. The highest BCUT2D eigenvalue weighted by Crippen LogP contribution is 2.16. The van der Waals surface area contributed by atoms with Crippen molar-refractivity contribution in [2.45, 2.75) is 11.3 Å². The normalized spacial score (nSPS) is 17.9. The molecule has 0 atom stereocenters. The van der Waals surface area contributed by atoms with Crippen molar-refractivity contribution in [2.24, 2.45) is 0 Å². The molecule has 0 aliphatic carbocycles. The Morgan fingerprint density at radius 3 is 2.83 bits per heavy atom. The summed E-state index contributed by atoms with van der Waals surface area (Å²) in [4.78, 5) is 3.90. The average Bonchev–Trinajstić information content (AvgIpc) is 2.68. The molecule has 2 rings (SSSR count). The van der Waals surface area contributed by atoms with Crippen LogP contribution in [0.15, 0.2) is 23.2 Å². The Morgan fingerprint density at radius 2 is 2.17 bits per heavy atom. The molecule has 18 heavy (non-hydrogen) atoms. The summed E-state index contributed by atoms with van der Waals surface area (Å²) < 4.78 is 31.2. The van der Waals surface area contributed by atoms with E-state index >= 15 is 0 Å². The second-order valence-corrected chi connectivity index (χ2v) is 5.80. The van der Waals surface area contributed by atoms with Gasteiger partial charge in [0.25, 0.3) is 0 Å². The number of nitriles is 1. The monoisotopic (exact) mass is 267 g/mol. The van der Waals surface area contributed by atoms with E-state index in [2.05, 4.69) is 4.98 Å². The number of aromatic nitrogens is 1. The van der Waals surface area contributed by atoms with Crippen LogP contribution in [-0.2, 0) is 14.8 Å². The zero-order valence-electron chi connectivity index (χ0n) is 9.74. The van der Waals surface area contributed by atoms with Gasteiger partial charge in [0, 0.05) is 25.9 Å². The maximum atomic E-state index is 12.3. The van der Waals surface area contributed by atoms with Gasteiger partial charge in [0.15, 0.2) is 0 Å². The van der Waals surface area contributed by atoms with E-state index in [-0.39, 0.29) is 10.6 Å². The lowest BCUT2D eigenvalue weighted by Gasteiger charge is -2.18. The van der Waals surface area contributed by atoms with Crippen molar-refractivity contribution >= 4 is 10.0 Å². The van der Waals surface area contributed by atoms with E-state index in [9.17, 15) is 8.42 Å². The lowest BCUT2D eigenvalue weighted by molar-refractivity contribution is 0.148. The lowest BCUT2D eigenvalue weighted by Crippen LogP contribution is -2.33. The van der Waals surface area contributed by atoms with Crippen LogP contribution in [0.3, 0.4) is 0 Å². The first-order valence-corrected chi connectivity index (χ1v) is 7.02. The Bertz CT molecular complexity index is 540. The molecule has 1 aromatic rings. The summed E-state index contributed by atoms with van der Waals surface area (Å²) >= 11 is 0. The molecular weight excluding hydrogens is 254 g/mol. The van der Waals surface area contributed by atoms with Crippen molar-refractivity contribution in [3.63, 3.8) is 0 Å². The molecule has 0 bridgehead atoms. The quantitative estimate of drug-likeness (QED) is 0.772. The van der Waals surface area contributed by atoms with Crippen molar-refractivity contribution in [3.05, 3.63) is 24.0 Å². The molecule has 1 fully saturated rings. The fourth-order valence-corrected chi connectivity index (χ4v) is 3.12. The summed E-state index contributed by atoms with van der Waals surface area (Å²) in [6, 6.07) is 4.67. The Balaban J connectivity index is 2.26. The molecule has 0 radical (unpaired) electrons. The van der Waals surface area contributed by atoms with Crippen LogP contribution in [-0.4, -0.2) is 44.0 Å². The van der Waals surface area contributed by atoms with Gasteiger partial charge in [0.1, 0.15) is 16.7 Å². The summed E-state index contributed by atoms with van der Waals surface area (Å²) in [6.07, 6.45) is 1.91. The molecule has 7 heteroatoms. The van der Waals surface area contributed by atoms with Crippen LogP contribution in [0.1, 0.15) is 12.1 Å². The van der Waals surface area contributed by atoms with Gasteiger partial charge in [-0.25, -0.2) is 13.4 Å². The van der Waals surface area contributed by atoms with Crippen LogP contribution >= 0.6 is 0 Å². The fourth-order valence-electron chi connectivity index (χ4n) is 1.71. The third-order valence-corrected chi connectivity index (χ3v) is 4.55. The topological polar surface area (TPSA) is 83.3 Å². The Kier molecular flexibility index (Phi) is 3.91. The van der Waals surface area contributed by atoms with Crippen molar-refractivity contribution in [2.75, 3.05) is 26.3 Å². The van der Waals surface area contributed by atoms with Crippen LogP contribution in [0.5, 0.6) is 0 Å². The predicted molar refractivity (Wildman–Crippen MR) is 63.1 cm³/mol. The zero-order chi connectivity index (χ0) is 13.0. The summed E-state index contributed by atoms with van der Waals surface area (Å²) in [5.41, 5.74) is 0.202. The van der Waals surface area contributed by atoms with Gasteiger partial charge in [-0.2, -0.15) is 9.57 Å². The molecule has 0 aromatic carbocycles. The number of ether oxygens (including phenoxy) is 1. The second-order valence-electron chi connectivity index (χ2n) is 3.86. The highest BCUT2D eigenvalue weighted by atomic mass is 32.2. The summed E-state index contributed by atoms with van der Waals surface area (Å²) in [6.45, 7) is 1.78. The Labute approximate surface area is 106 Å². The minimum absolute atomic E-state index is 0.114. The number of sulfonamides is 1. The molecule has 0 amide bonds. The van der Waals surface area contributed by atoms with Crippen molar-refractivity contribution in [3.8, 4) is 6.07 Å². The SMILES string of the molecule is N#Cc1ccc(S(=O)(=O)N2CCCOCC2)cn1. The highest BCUT2D eigenvalue weighted by Gasteiger charge is 2.25. The Morgan fingerprint density at radius 1 is 1.33 bits per heavy atom. The van der Waals surface area contributed by atoms with Crippen LogP contribution < -0.4 is 0 Å². The molecule has 0 spiro atoms. The maximum Gasteiger partial charge on any atom is 0.244 e. The van der Waals surface area contributed by atoms with E-state index in [4.69, 9.17) is 10.00 Å². The second kappa shape index (κ2) is 5.44. The molecule has 6 nitrogen and oxygen atoms in total. The molecule has 1 aliphatic rings. The van der Waals surface area contributed by atoms with Gasteiger partial charge in [-0.3, -0.25) is 0 Å². The highest BCUT2D eigenvalue weighted by molar-refractivity contribution is 7.89. The molecule has 0 saturated carbocycles. The number of hydrogen-bond acceptors (Lipinski definition) is 5.